The molecule has 0 radical (unpaired) electrons. The summed E-state index contributed by atoms with van der Waals surface area (Å²) in [4.78, 5) is 12.0. The van der Waals surface area contributed by atoms with E-state index in [0.29, 0.717) is 0 Å². The molecule has 1 amide bonds. The van der Waals surface area contributed by atoms with E-state index in [1.165, 1.54) is 0 Å². The summed E-state index contributed by atoms with van der Waals surface area (Å²) >= 11 is 6.78. The van der Waals surface area contributed by atoms with E-state index in [-0.39, 0.29) is 11.9 Å². The molecule has 0 fully saturated rings. The quantitative estimate of drug-likeness (QED) is 0.786. The number of hydrogen-bond acceptors (Lipinski definition) is 1. The summed E-state index contributed by atoms with van der Waals surface area (Å²) < 4.78 is 0.932. The molecule has 1 rings (SSSR count). The highest BCUT2D eigenvalue weighted by atomic mass is 79.9. The number of alkyl halides is 1. The number of amides is 1. The fraction of sp³-hybridized carbons (Fsp3) is 0.462. The SMILES string of the molecule is Cc1ccc(Br)cc1C(=O)NC(C)CCCBr. The van der Waals surface area contributed by atoms with Gasteiger partial charge in [0.05, 0.1) is 0 Å². The Morgan fingerprint density at radius 3 is 2.82 bits per heavy atom. The molecule has 4 heteroatoms. The third-order valence-corrected chi connectivity index (χ3v) is 3.65. The maximum atomic E-state index is 12.0. The van der Waals surface area contributed by atoms with Crippen LogP contribution in [0, 0.1) is 6.92 Å². The van der Waals surface area contributed by atoms with Crippen LogP contribution in [-0.2, 0) is 0 Å². The second-order valence-corrected chi connectivity index (χ2v) is 5.87. The molecule has 0 bridgehead atoms. The molecule has 1 N–H and O–H groups in total. The van der Waals surface area contributed by atoms with Crippen LogP contribution < -0.4 is 5.32 Å². The molecule has 0 aliphatic carbocycles. The van der Waals surface area contributed by atoms with E-state index in [9.17, 15) is 4.79 Å². The third-order valence-electron chi connectivity index (χ3n) is 2.59. The summed E-state index contributed by atoms with van der Waals surface area (Å²) in [5.74, 6) is 0.00544. The van der Waals surface area contributed by atoms with Crippen LogP contribution in [0.4, 0.5) is 0 Å². The largest absolute Gasteiger partial charge is 0.350 e. The minimum Gasteiger partial charge on any atom is -0.350 e. The monoisotopic (exact) mass is 361 g/mol. The maximum Gasteiger partial charge on any atom is 0.251 e. The van der Waals surface area contributed by atoms with Gasteiger partial charge in [-0.3, -0.25) is 4.79 Å². The Hall–Kier alpha value is -0.350. The highest BCUT2D eigenvalue weighted by Crippen LogP contribution is 2.16. The normalized spacial score (nSPS) is 12.2. The Morgan fingerprint density at radius 1 is 1.47 bits per heavy atom. The smallest absolute Gasteiger partial charge is 0.251 e. The van der Waals surface area contributed by atoms with Crippen molar-refractivity contribution in [2.75, 3.05) is 5.33 Å². The molecular weight excluding hydrogens is 346 g/mol. The molecule has 0 saturated carbocycles. The summed E-state index contributed by atoms with van der Waals surface area (Å²) in [6.07, 6.45) is 2.06. The van der Waals surface area contributed by atoms with E-state index in [1.807, 2.05) is 32.0 Å². The zero-order valence-corrected chi connectivity index (χ0v) is 13.3. The second-order valence-electron chi connectivity index (χ2n) is 4.16. The molecule has 1 atom stereocenters. The lowest BCUT2D eigenvalue weighted by atomic mass is 10.1. The molecule has 17 heavy (non-hydrogen) atoms. The summed E-state index contributed by atoms with van der Waals surface area (Å²) in [6.45, 7) is 3.98. The van der Waals surface area contributed by atoms with Crippen molar-refractivity contribution in [3.63, 3.8) is 0 Å². The molecule has 1 aromatic carbocycles. The van der Waals surface area contributed by atoms with Gasteiger partial charge in [-0.05, 0) is 44.4 Å². The van der Waals surface area contributed by atoms with Gasteiger partial charge >= 0.3 is 0 Å². The topological polar surface area (TPSA) is 29.1 Å². The van der Waals surface area contributed by atoms with Crippen LogP contribution in [0.25, 0.3) is 0 Å². The lowest BCUT2D eigenvalue weighted by Gasteiger charge is -2.14. The fourth-order valence-electron chi connectivity index (χ4n) is 1.60. The predicted octanol–water partition coefficient (Wildman–Crippen LogP) is 4.05. The molecular formula is C13H17Br2NO. The summed E-state index contributed by atoms with van der Waals surface area (Å²) in [5.41, 5.74) is 1.74. The Labute approximate surface area is 119 Å². The van der Waals surface area contributed by atoms with Crippen LogP contribution in [0.2, 0.25) is 0 Å². The Balaban J connectivity index is 2.66. The summed E-state index contributed by atoms with van der Waals surface area (Å²) in [7, 11) is 0. The molecule has 0 aliphatic heterocycles. The molecule has 1 aromatic rings. The van der Waals surface area contributed by atoms with Crippen molar-refractivity contribution in [1.29, 1.82) is 0 Å². The van der Waals surface area contributed by atoms with Crippen molar-refractivity contribution >= 4 is 37.8 Å². The number of benzene rings is 1. The van der Waals surface area contributed by atoms with Crippen molar-refractivity contribution < 1.29 is 4.79 Å². The van der Waals surface area contributed by atoms with E-state index in [2.05, 4.69) is 37.2 Å². The predicted molar refractivity (Wildman–Crippen MR) is 78.8 cm³/mol. The van der Waals surface area contributed by atoms with Crippen LogP contribution in [0.5, 0.6) is 0 Å². The van der Waals surface area contributed by atoms with Crippen LogP contribution in [-0.4, -0.2) is 17.3 Å². The van der Waals surface area contributed by atoms with Gasteiger partial charge in [0.2, 0.25) is 0 Å². The standard InChI is InChI=1S/C13H17Br2NO/c1-9-5-6-11(15)8-12(9)13(17)16-10(2)4-3-7-14/h5-6,8,10H,3-4,7H2,1-2H3,(H,16,17). The minimum absolute atomic E-state index is 0.00544. The number of aryl methyl sites for hydroxylation is 1. The minimum atomic E-state index is 0.00544. The van der Waals surface area contributed by atoms with Gasteiger partial charge in [0.15, 0.2) is 0 Å². The van der Waals surface area contributed by atoms with Gasteiger partial charge < -0.3 is 5.32 Å². The number of halogens is 2. The molecule has 94 valence electrons. The second kappa shape index (κ2) is 7.17. The average molecular weight is 363 g/mol. The van der Waals surface area contributed by atoms with Crippen LogP contribution in [0.3, 0.4) is 0 Å². The van der Waals surface area contributed by atoms with Gasteiger partial charge in [-0.15, -0.1) is 0 Å². The van der Waals surface area contributed by atoms with E-state index in [1.54, 1.807) is 0 Å². The maximum absolute atomic E-state index is 12.0. The molecule has 0 saturated heterocycles. The molecule has 0 heterocycles. The van der Waals surface area contributed by atoms with Crippen LogP contribution >= 0.6 is 31.9 Å². The number of hydrogen-bond donors (Lipinski definition) is 1. The Morgan fingerprint density at radius 2 is 2.18 bits per heavy atom. The molecule has 0 spiro atoms. The van der Waals surface area contributed by atoms with Gasteiger partial charge in [0, 0.05) is 21.4 Å². The van der Waals surface area contributed by atoms with E-state index < -0.39 is 0 Å². The first kappa shape index (κ1) is 14.7. The van der Waals surface area contributed by atoms with Crippen molar-refractivity contribution in [3.8, 4) is 0 Å². The van der Waals surface area contributed by atoms with E-state index >= 15 is 0 Å². The third kappa shape index (κ3) is 4.80. The van der Waals surface area contributed by atoms with Crippen molar-refractivity contribution in [2.24, 2.45) is 0 Å². The molecule has 0 aromatic heterocycles. The zero-order chi connectivity index (χ0) is 12.8. The fourth-order valence-corrected chi connectivity index (χ4v) is 2.28. The van der Waals surface area contributed by atoms with Gasteiger partial charge in [-0.25, -0.2) is 0 Å². The average Bonchev–Trinajstić information content (AvgIpc) is 2.29. The molecule has 0 aliphatic rings. The number of carbonyl (C=O) groups is 1. The van der Waals surface area contributed by atoms with Crippen LogP contribution in [0.1, 0.15) is 35.7 Å². The van der Waals surface area contributed by atoms with Gasteiger partial charge in [-0.2, -0.15) is 0 Å². The first-order valence-corrected chi connectivity index (χ1v) is 7.59. The summed E-state index contributed by atoms with van der Waals surface area (Å²) in [5, 5.41) is 3.99. The lowest BCUT2D eigenvalue weighted by molar-refractivity contribution is 0.0937. The van der Waals surface area contributed by atoms with Crippen molar-refractivity contribution in [3.05, 3.63) is 33.8 Å². The zero-order valence-electron chi connectivity index (χ0n) is 10.1. The first-order chi connectivity index (χ1) is 8.04. The van der Waals surface area contributed by atoms with Gasteiger partial charge in [-0.1, -0.05) is 37.9 Å². The summed E-state index contributed by atoms with van der Waals surface area (Å²) in [6, 6.07) is 5.96. The Bertz CT molecular complexity index is 393. The van der Waals surface area contributed by atoms with E-state index in [0.717, 1.165) is 33.8 Å². The number of carbonyl (C=O) groups excluding carboxylic acids is 1. The lowest BCUT2D eigenvalue weighted by Crippen LogP contribution is -2.33. The highest BCUT2D eigenvalue weighted by Gasteiger charge is 2.12. The van der Waals surface area contributed by atoms with E-state index in [4.69, 9.17) is 0 Å². The van der Waals surface area contributed by atoms with Crippen molar-refractivity contribution in [2.45, 2.75) is 32.7 Å². The number of nitrogens with one attached hydrogen (secondary N) is 1. The van der Waals surface area contributed by atoms with Crippen molar-refractivity contribution in [1.82, 2.24) is 5.32 Å². The first-order valence-electron chi connectivity index (χ1n) is 5.67. The molecule has 2 nitrogen and oxygen atoms in total. The number of rotatable bonds is 5. The van der Waals surface area contributed by atoms with Gasteiger partial charge in [0.25, 0.3) is 5.91 Å². The Kier molecular flexibility index (Phi) is 6.20. The van der Waals surface area contributed by atoms with Gasteiger partial charge in [0.1, 0.15) is 0 Å². The van der Waals surface area contributed by atoms with Crippen LogP contribution in [0.15, 0.2) is 22.7 Å². The molecule has 1 unspecified atom stereocenters. The highest BCUT2D eigenvalue weighted by molar-refractivity contribution is 9.10.